The number of hydrogen-bond donors (Lipinski definition) is 1. The van der Waals surface area contributed by atoms with Crippen LogP contribution < -0.4 is 5.32 Å². The van der Waals surface area contributed by atoms with Gasteiger partial charge in [0.25, 0.3) is 5.91 Å². The molecule has 1 aliphatic rings. The maximum Gasteiger partial charge on any atom is 0.261 e. The first-order valence-electron chi connectivity index (χ1n) is 9.67. The molecule has 0 unspecified atom stereocenters. The van der Waals surface area contributed by atoms with Crippen molar-refractivity contribution in [3.63, 3.8) is 0 Å². The van der Waals surface area contributed by atoms with Gasteiger partial charge in [-0.25, -0.2) is 0 Å². The molecule has 4 rings (SSSR count). The smallest absolute Gasteiger partial charge is 0.261 e. The average molecular weight is 393 g/mol. The van der Waals surface area contributed by atoms with Crippen molar-refractivity contribution in [2.45, 2.75) is 25.4 Å². The number of piperidine rings is 1. The van der Waals surface area contributed by atoms with E-state index in [4.69, 9.17) is 0 Å². The van der Waals surface area contributed by atoms with Gasteiger partial charge in [0.15, 0.2) is 0 Å². The summed E-state index contributed by atoms with van der Waals surface area (Å²) in [6.45, 7) is 2.81. The topological polar surface area (TPSA) is 58.1 Å². The van der Waals surface area contributed by atoms with Crippen molar-refractivity contribution in [2.24, 2.45) is 5.92 Å². The molecule has 3 aromatic heterocycles. The van der Waals surface area contributed by atoms with E-state index in [1.54, 1.807) is 6.20 Å². The number of nitrogens with one attached hydrogen (secondary N) is 1. The van der Waals surface area contributed by atoms with Crippen LogP contribution in [0.5, 0.6) is 0 Å². The van der Waals surface area contributed by atoms with Crippen molar-refractivity contribution in [1.29, 1.82) is 0 Å². The molecule has 144 valence electrons. The summed E-state index contributed by atoms with van der Waals surface area (Å²) in [5.41, 5.74) is 2.01. The molecular weight excluding hydrogens is 368 g/mol. The van der Waals surface area contributed by atoms with Gasteiger partial charge in [0.2, 0.25) is 0 Å². The summed E-state index contributed by atoms with van der Waals surface area (Å²) in [7, 11) is 0. The van der Waals surface area contributed by atoms with Crippen LogP contribution in [-0.4, -0.2) is 33.9 Å². The third-order valence-electron chi connectivity index (χ3n) is 5.16. The Kier molecular flexibility index (Phi) is 6.09. The molecule has 28 heavy (non-hydrogen) atoms. The van der Waals surface area contributed by atoms with Crippen LogP contribution in [0.1, 0.15) is 39.9 Å². The highest BCUT2D eigenvalue weighted by Crippen LogP contribution is 2.30. The summed E-state index contributed by atoms with van der Waals surface area (Å²) in [6.07, 6.45) is 5.82. The van der Waals surface area contributed by atoms with Crippen LogP contribution in [0.15, 0.2) is 66.3 Å². The number of aromatic nitrogens is 2. The van der Waals surface area contributed by atoms with Gasteiger partial charge in [-0.15, -0.1) is 11.3 Å². The molecule has 6 heteroatoms. The largest absolute Gasteiger partial charge is 0.343 e. The van der Waals surface area contributed by atoms with Gasteiger partial charge in [-0.1, -0.05) is 18.2 Å². The summed E-state index contributed by atoms with van der Waals surface area (Å²) in [6, 6.07) is 15.6. The highest BCUT2D eigenvalue weighted by atomic mass is 32.1. The normalized spacial score (nSPS) is 18.5. The summed E-state index contributed by atoms with van der Waals surface area (Å²) in [5, 5.41) is 5.19. The van der Waals surface area contributed by atoms with Crippen LogP contribution >= 0.6 is 11.3 Å². The van der Waals surface area contributed by atoms with Crippen molar-refractivity contribution in [1.82, 2.24) is 20.2 Å². The SMILES string of the molecule is O=C(N[C@@H](c1ccccn1)[C@@H]1CCCN(Cc2ccccn2)C1)c1cccs1. The molecule has 1 aliphatic heterocycles. The van der Waals surface area contributed by atoms with Crippen molar-refractivity contribution in [2.75, 3.05) is 13.1 Å². The molecule has 1 saturated heterocycles. The van der Waals surface area contributed by atoms with E-state index in [-0.39, 0.29) is 11.9 Å². The third-order valence-corrected chi connectivity index (χ3v) is 6.03. The van der Waals surface area contributed by atoms with E-state index in [0.717, 1.165) is 48.7 Å². The van der Waals surface area contributed by atoms with Gasteiger partial charge in [0, 0.05) is 25.5 Å². The molecule has 2 atom stereocenters. The Bertz CT molecular complexity index is 870. The Hall–Kier alpha value is -2.57. The number of carbonyl (C=O) groups is 1. The average Bonchev–Trinajstić information content (AvgIpc) is 3.29. The maximum atomic E-state index is 12.8. The standard InChI is InChI=1S/C22H24N4OS/c27-22(20-10-6-14-28-20)25-21(19-9-2-4-12-24-19)17-7-5-13-26(15-17)16-18-8-1-3-11-23-18/h1-4,6,8-12,14,17,21H,5,7,13,15-16H2,(H,25,27)/t17-,21-/m1/s1. The zero-order valence-corrected chi connectivity index (χ0v) is 16.5. The van der Waals surface area contributed by atoms with Crippen LogP contribution in [0.2, 0.25) is 0 Å². The van der Waals surface area contributed by atoms with Crippen molar-refractivity contribution in [3.05, 3.63) is 82.6 Å². The van der Waals surface area contributed by atoms with Gasteiger partial charge in [-0.05, 0) is 61.0 Å². The first-order valence-corrected chi connectivity index (χ1v) is 10.5. The van der Waals surface area contributed by atoms with E-state index >= 15 is 0 Å². The highest BCUT2D eigenvalue weighted by molar-refractivity contribution is 7.12. The van der Waals surface area contributed by atoms with Crippen molar-refractivity contribution >= 4 is 17.2 Å². The van der Waals surface area contributed by atoms with Crippen LogP contribution in [0.25, 0.3) is 0 Å². The number of amides is 1. The minimum absolute atomic E-state index is 0.0208. The molecule has 0 aliphatic carbocycles. The Labute approximate surface area is 169 Å². The predicted molar refractivity (Wildman–Crippen MR) is 111 cm³/mol. The molecule has 3 aromatic rings. The van der Waals surface area contributed by atoms with E-state index < -0.39 is 0 Å². The number of thiophene rings is 1. The van der Waals surface area contributed by atoms with Crippen LogP contribution in [0.3, 0.4) is 0 Å². The van der Waals surface area contributed by atoms with Gasteiger partial charge in [-0.2, -0.15) is 0 Å². The number of hydrogen-bond acceptors (Lipinski definition) is 5. The van der Waals surface area contributed by atoms with E-state index in [1.807, 2.05) is 54.0 Å². The minimum Gasteiger partial charge on any atom is -0.343 e. The first kappa shape index (κ1) is 18.8. The molecule has 0 aromatic carbocycles. The quantitative estimate of drug-likeness (QED) is 0.691. The third kappa shape index (κ3) is 4.64. The lowest BCUT2D eigenvalue weighted by molar-refractivity contribution is 0.0878. The highest BCUT2D eigenvalue weighted by Gasteiger charge is 2.31. The monoisotopic (exact) mass is 392 g/mol. The lowest BCUT2D eigenvalue weighted by atomic mass is 9.88. The second kappa shape index (κ2) is 9.08. The molecular formula is C22H24N4OS. The van der Waals surface area contributed by atoms with Crippen molar-refractivity contribution < 1.29 is 4.79 Å². The van der Waals surface area contributed by atoms with Crippen LogP contribution in [0.4, 0.5) is 0 Å². The van der Waals surface area contributed by atoms with Crippen molar-refractivity contribution in [3.8, 4) is 0 Å². The van der Waals surface area contributed by atoms with E-state index in [2.05, 4.69) is 26.3 Å². The lowest BCUT2D eigenvalue weighted by Gasteiger charge is -2.37. The number of nitrogens with zero attached hydrogens (tertiary/aromatic N) is 3. The fraction of sp³-hybridized carbons (Fsp3) is 0.318. The summed E-state index contributed by atoms with van der Waals surface area (Å²) >= 11 is 1.47. The van der Waals surface area contributed by atoms with Crippen LogP contribution in [0, 0.1) is 5.92 Å². The lowest BCUT2D eigenvalue weighted by Crippen LogP contribution is -2.43. The van der Waals surface area contributed by atoms with Gasteiger partial charge in [0.05, 0.1) is 22.3 Å². The van der Waals surface area contributed by atoms with Gasteiger partial charge < -0.3 is 5.32 Å². The predicted octanol–water partition coefficient (Wildman–Crippen LogP) is 3.92. The zero-order chi connectivity index (χ0) is 19.2. The molecule has 0 bridgehead atoms. The van der Waals surface area contributed by atoms with Crippen LogP contribution in [-0.2, 0) is 6.54 Å². The van der Waals surface area contributed by atoms with E-state index in [0.29, 0.717) is 5.92 Å². The minimum atomic E-state index is -0.0951. The van der Waals surface area contributed by atoms with Gasteiger partial charge in [0.1, 0.15) is 0 Å². The number of rotatable bonds is 6. The van der Waals surface area contributed by atoms with E-state index in [1.165, 1.54) is 11.3 Å². The molecule has 4 heterocycles. The summed E-state index contributed by atoms with van der Waals surface area (Å²) in [5.74, 6) is 0.295. The fourth-order valence-electron chi connectivity index (χ4n) is 3.84. The zero-order valence-electron chi connectivity index (χ0n) is 15.7. The molecule has 1 amide bonds. The second-order valence-electron chi connectivity index (χ2n) is 7.14. The molecule has 0 saturated carbocycles. The molecule has 0 spiro atoms. The Morgan fingerprint density at radius 1 is 1.14 bits per heavy atom. The van der Waals surface area contributed by atoms with Gasteiger partial charge in [-0.3, -0.25) is 19.7 Å². The molecule has 0 radical (unpaired) electrons. The summed E-state index contributed by atoms with van der Waals surface area (Å²) < 4.78 is 0. The molecule has 5 nitrogen and oxygen atoms in total. The summed E-state index contributed by atoms with van der Waals surface area (Å²) in [4.78, 5) is 24.9. The van der Waals surface area contributed by atoms with Gasteiger partial charge >= 0.3 is 0 Å². The first-order chi connectivity index (χ1) is 13.8. The number of likely N-dealkylation sites (tertiary alicyclic amines) is 1. The number of pyridine rings is 2. The molecule has 1 fully saturated rings. The molecule has 1 N–H and O–H groups in total. The fourth-order valence-corrected chi connectivity index (χ4v) is 4.47. The Morgan fingerprint density at radius 2 is 2.00 bits per heavy atom. The number of carbonyl (C=O) groups excluding carboxylic acids is 1. The second-order valence-corrected chi connectivity index (χ2v) is 8.09. The Morgan fingerprint density at radius 3 is 2.71 bits per heavy atom. The Balaban J connectivity index is 1.51. The van der Waals surface area contributed by atoms with E-state index in [9.17, 15) is 4.79 Å². The maximum absolute atomic E-state index is 12.8.